The highest BCUT2D eigenvalue weighted by Crippen LogP contribution is 2.43. The predicted molar refractivity (Wildman–Crippen MR) is 249 cm³/mol. The zero-order valence-corrected chi connectivity index (χ0v) is 39.4. The molecular formula is C49H94N2O6P+. The van der Waals surface area contributed by atoms with E-state index in [4.69, 9.17) is 9.05 Å². The Morgan fingerprint density at radius 2 is 1.00 bits per heavy atom. The van der Waals surface area contributed by atoms with E-state index in [9.17, 15) is 19.4 Å². The summed E-state index contributed by atoms with van der Waals surface area (Å²) in [5.74, 6) is -0.201. The first-order valence-electron chi connectivity index (χ1n) is 24.0. The second-order valence-electron chi connectivity index (χ2n) is 17.5. The first-order chi connectivity index (χ1) is 28.0. The number of allylic oxidation sites excluding steroid dienone is 7. The zero-order chi connectivity index (χ0) is 42.8. The molecule has 0 saturated heterocycles. The lowest BCUT2D eigenvalue weighted by Gasteiger charge is -2.25. The average Bonchev–Trinajstić information content (AvgIpc) is 3.17. The Morgan fingerprint density at radius 3 is 1.50 bits per heavy atom. The van der Waals surface area contributed by atoms with Gasteiger partial charge < -0.3 is 19.8 Å². The molecule has 9 heteroatoms. The number of amides is 1. The number of hydrogen-bond donors (Lipinski definition) is 3. The Hall–Kier alpha value is -1.54. The number of rotatable bonds is 43. The Bertz CT molecular complexity index is 1090. The SMILES string of the molecule is CCCCCC/C=C\C/C=C\CCCCCCCC(=O)NC(COP(=O)(O)OCC[N+](C)(C)C)C(O)/C=C/CC/C=C/CCCCCCCCCCCCCCCC. The molecule has 0 radical (unpaired) electrons. The molecule has 0 fully saturated rings. The smallest absolute Gasteiger partial charge is 0.387 e. The number of phosphoric ester groups is 1. The minimum absolute atomic E-state index is 0.0521. The van der Waals surface area contributed by atoms with Gasteiger partial charge in [0.25, 0.3) is 0 Å². The molecule has 0 aromatic carbocycles. The van der Waals surface area contributed by atoms with Crippen molar-refractivity contribution in [1.82, 2.24) is 5.32 Å². The molecule has 0 aliphatic carbocycles. The summed E-state index contributed by atoms with van der Waals surface area (Å²) in [5, 5.41) is 13.8. The molecule has 0 aromatic heterocycles. The molecule has 0 spiro atoms. The van der Waals surface area contributed by atoms with Crippen LogP contribution in [-0.2, 0) is 18.4 Å². The summed E-state index contributed by atoms with van der Waals surface area (Å²) in [6.45, 7) is 4.77. The molecule has 0 aliphatic rings. The predicted octanol–water partition coefficient (Wildman–Crippen LogP) is 13.6. The van der Waals surface area contributed by atoms with Crippen LogP contribution < -0.4 is 5.32 Å². The number of nitrogens with zero attached hydrogens (tertiary/aromatic N) is 1. The lowest BCUT2D eigenvalue weighted by Crippen LogP contribution is -2.45. The van der Waals surface area contributed by atoms with Crippen LogP contribution in [-0.4, -0.2) is 73.4 Å². The fourth-order valence-corrected chi connectivity index (χ4v) is 7.41. The van der Waals surface area contributed by atoms with Crippen molar-refractivity contribution in [3.8, 4) is 0 Å². The monoisotopic (exact) mass is 838 g/mol. The molecule has 8 nitrogen and oxygen atoms in total. The topological polar surface area (TPSA) is 105 Å². The van der Waals surface area contributed by atoms with Crippen LogP contribution in [0.25, 0.3) is 0 Å². The molecule has 0 aromatic rings. The van der Waals surface area contributed by atoms with E-state index >= 15 is 0 Å². The fraction of sp³-hybridized carbons (Fsp3) is 0.816. The largest absolute Gasteiger partial charge is 0.472 e. The van der Waals surface area contributed by atoms with E-state index in [0.717, 1.165) is 64.2 Å². The van der Waals surface area contributed by atoms with Gasteiger partial charge in [0.2, 0.25) is 5.91 Å². The van der Waals surface area contributed by atoms with Crippen LogP contribution in [0.2, 0.25) is 0 Å². The third kappa shape index (κ3) is 42.6. The van der Waals surface area contributed by atoms with Crippen molar-refractivity contribution in [2.24, 2.45) is 0 Å². The Morgan fingerprint density at radius 1 is 0.586 bits per heavy atom. The van der Waals surface area contributed by atoms with Crippen LogP contribution in [0.1, 0.15) is 206 Å². The summed E-state index contributed by atoms with van der Waals surface area (Å²) >= 11 is 0. The maximum Gasteiger partial charge on any atom is 0.472 e. The molecule has 0 heterocycles. The molecule has 3 atom stereocenters. The van der Waals surface area contributed by atoms with Crippen molar-refractivity contribution in [3.05, 3.63) is 48.6 Å². The molecule has 3 N–H and O–H groups in total. The highest BCUT2D eigenvalue weighted by atomic mass is 31.2. The van der Waals surface area contributed by atoms with Crippen LogP contribution in [0, 0.1) is 0 Å². The second-order valence-corrected chi connectivity index (χ2v) is 18.9. The van der Waals surface area contributed by atoms with Gasteiger partial charge in [-0.1, -0.05) is 184 Å². The number of likely N-dealkylation sites (N-methyl/N-ethyl adjacent to an activating group) is 1. The normalized spacial score (nSPS) is 14.7. The van der Waals surface area contributed by atoms with Crippen molar-refractivity contribution in [3.63, 3.8) is 0 Å². The standard InChI is InChI=1S/C49H93N2O6P/c1-6-8-10-12-14-16-18-20-22-24-25-26-27-28-30-32-34-36-38-40-42-48(52)47(46-57-58(54,55)56-45-44-51(3,4)5)50-49(53)43-41-39-37-35-33-31-29-23-21-19-17-15-13-11-9-7-2/h17,19,23,29,32,34,40,42,47-48,52H,6-16,18,20-22,24-28,30-31,33,35-39,41,43-46H2,1-5H3,(H-,50,53,54,55)/p+1/b19-17-,29-23-,34-32+,42-40+. The van der Waals surface area contributed by atoms with Gasteiger partial charge in [0.15, 0.2) is 0 Å². The van der Waals surface area contributed by atoms with Crippen LogP contribution in [0.4, 0.5) is 0 Å². The summed E-state index contributed by atoms with van der Waals surface area (Å²) in [6.07, 6.45) is 51.9. The highest BCUT2D eigenvalue weighted by molar-refractivity contribution is 7.47. The van der Waals surface area contributed by atoms with E-state index in [2.05, 4.69) is 55.6 Å². The molecule has 58 heavy (non-hydrogen) atoms. The molecule has 340 valence electrons. The van der Waals surface area contributed by atoms with Gasteiger partial charge in [-0.2, -0.15) is 0 Å². The maximum atomic E-state index is 12.9. The van der Waals surface area contributed by atoms with Crippen LogP contribution in [0.3, 0.4) is 0 Å². The lowest BCUT2D eigenvalue weighted by molar-refractivity contribution is -0.870. The van der Waals surface area contributed by atoms with Gasteiger partial charge in [0.1, 0.15) is 13.2 Å². The molecule has 0 saturated carbocycles. The van der Waals surface area contributed by atoms with Gasteiger partial charge in [-0.15, -0.1) is 0 Å². The van der Waals surface area contributed by atoms with Gasteiger partial charge in [-0.25, -0.2) is 4.57 Å². The average molecular weight is 838 g/mol. The van der Waals surface area contributed by atoms with Gasteiger partial charge in [-0.3, -0.25) is 13.8 Å². The molecule has 0 rings (SSSR count). The quantitative estimate of drug-likeness (QED) is 0.0244. The minimum atomic E-state index is -4.35. The number of carbonyl (C=O) groups excluding carboxylic acids is 1. The molecule has 0 aliphatic heterocycles. The van der Waals surface area contributed by atoms with Crippen molar-refractivity contribution >= 4 is 13.7 Å². The van der Waals surface area contributed by atoms with E-state index < -0.39 is 20.0 Å². The van der Waals surface area contributed by atoms with E-state index in [-0.39, 0.29) is 19.1 Å². The number of unbranched alkanes of at least 4 members (excludes halogenated alkanes) is 24. The highest BCUT2D eigenvalue weighted by Gasteiger charge is 2.27. The number of aliphatic hydroxyl groups excluding tert-OH is 1. The summed E-state index contributed by atoms with van der Waals surface area (Å²) < 4.78 is 23.6. The maximum absolute atomic E-state index is 12.9. The van der Waals surface area contributed by atoms with Crippen molar-refractivity contribution in [2.45, 2.75) is 219 Å². The molecular weight excluding hydrogens is 744 g/mol. The van der Waals surface area contributed by atoms with Gasteiger partial charge in [-0.05, 0) is 64.2 Å². The Labute approximate surface area is 359 Å². The third-order valence-corrected chi connectivity index (χ3v) is 11.5. The number of nitrogens with one attached hydrogen (secondary N) is 1. The van der Waals surface area contributed by atoms with Crippen molar-refractivity contribution in [2.75, 3.05) is 40.9 Å². The Kier molecular flexibility index (Phi) is 39.8. The Balaban J connectivity index is 4.44. The summed E-state index contributed by atoms with van der Waals surface area (Å²) in [6, 6.07) is -0.871. The first-order valence-corrected chi connectivity index (χ1v) is 25.5. The third-order valence-electron chi connectivity index (χ3n) is 10.5. The van der Waals surface area contributed by atoms with Gasteiger partial charge in [0, 0.05) is 6.42 Å². The lowest BCUT2D eigenvalue weighted by atomic mass is 10.0. The second kappa shape index (κ2) is 40.8. The van der Waals surface area contributed by atoms with Crippen LogP contribution in [0.15, 0.2) is 48.6 Å². The van der Waals surface area contributed by atoms with E-state index in [1.807, 2.05) is 27.2 Å². The number of hydrogen-bond acceptors (Lipinski definition) is 5. The first kappa shape index (κ1) is 56.5. The minimum Gasteiger partial charge on any atom is -0.387 e. The van der Waals surface area contributed by atoms with E-state index in [1.54, 1.807) is 6.08 Å². The van der Waals surface area contributed by atoms with E-state index in [0.29, 0.717) is 17.4 Å². The number of phosphoric acid groups is 1. The van der Waals surface area contributed by atoms with Crippen LogP contribution >= 0.6 is 7.82 Å². The zero-order valence-electron chi connectivity index (χ0n) is 38.5. The van der Waals surface area contributed by atoms with Crippen molar-refractivity contribution < 1.29 is 32.9 Å². The van der Waals surface area contributed by atoms with Crippen molar-refractivity contribution in [1.29, 1.82) is 0 Å². The van der Waals surface area contributed by atoms with E-state index in [1.165, 1.54) is 122 Å². The number of aliphatic hydroxyl groups is 1. The summed E-state index contributed by atoms with van der Waals surface area (Å²) in [5.41, 5.74) is 0. The summed E-state index contributed by atoms with van der Waals surface area (Å²) in [4.78, 5) is 23.1. The summed E-state index contributed by atoms with van der Waals surface area (Å²) in [7, 11) is 1.54. The molecule has 1 amide bonds. The van der Waals surface area contributed by atoms with Gasteiger partial charge in [0.05, 0.1) is 39.9 Å². The van der Waals surface area contributed by atoms with Crippen LogP contribution in [0.5, 0.6) is 0 Å². The fourth-order valence-electron chi connectivity index (χ4n) is 6.67. The number of carbonyl (C=O) groups is 1. The van der Waals surface area contributed by atoms with Gasteiger partial charge >= 0.3 is 7.82 Å². The number of quaternary nitrogens is 1. The molecule has 3 unspecified atom stereocenters. The molecule has 0 bridgehead atoms.